The highest BCUT2D eigenvalue weighted by molar-refractivity contribution is 7.92. The molecule has 8 nitrogen and oxygen atoms in total. The first kappa shape index (κ1) is 19.2. The number of anilines is 2. The number of rotatable bonds is 5. The van der Waals surface area contributed by atoms with Gasteiger partial charge in [-0.25, -0.2) is 31.8 Å². The summed E-state index contributed by atoms with van der Waals surface area (Å²) in [6.07, 6.45) is 6.23. The summed E-state index contributed by atoms with van der Waals surface area (Å²) in [4.78, 5) is 10.2. The first-order valence-electron chi connectivity index (χ1n) is 8.95. The summed E-state index contributed by atoms with van der Waals surface area (Å²) >= 11 is 0. The standard InChI is InChI=1S/C18H18F2N6O2S/c19-16-3-1-13(9-17(16)20)24-29(27,28)15-2-4-18(22-10-15)25-7-5-14(6-8-25)26-12-21-11-23-26/h1-4,9-12,14,24H,5-8H2. The maximum atomic E-state index is 13.3. The third-order valence-electron chi connectivity index (χ3n) is 4.80. The van der Waals surface area contributed by atoms with Crippen LogP contribution in [0.25, 0.3) is 0 Å². The molecule has 1 saturated heterocycles. The fraction of sp³-hybridized carbons (Fsp3) is 0.278. The molecule has 0 atom stereocenters. The molecule has 1 aromatic carbocycles. The van der Waals surface area contributed by atoms with Crippen LogP contribution in [-0.2, 0) is 10.0 Å². The Kier molecular flexibility index (Phi) is 5.14. The van der Waals surface area contributed by atoms with Gasteiger partial charge in [0.05, 0.1) is 11.7 Å². The fourth-order valence-corrected chi connectivity index (χ4v) is 4.25. The van der Waals surface area contributed by atoms with E-state index in [1.54, 1.807) is 12.4 Å². The number of piperidine rings is 1. The van der Waals surface area contributed by atoms with Gasteiger partial charge in [-0.3, -0.25) is 4.72 Å². The lowest BCUT2D eigenvalue weighted by atomic mass is 10.1. The maximum absolute atomic E-state index is 13.3. The van der Waals surface area contributed by atoms with E-state index in [9.17, 15) is 17.2 Å². The molecule has 2 aromatic heterocycles. The van der Waals surface area contributed by atoms with E-state index in [0.29, 0.717) is 5.82 Å². The number of nitrogens with zero attached hydrogens (tertiary/aromatic N) is 5. The van der Waals surface area contributed by atoms with E-state index in [0.717, 1.165) is 44.1 Å². The number of pyridine rings is 1. The van der Waals surface area contributed by atoms with Crippen LogP contribution in [0, 0.1) is 11.6 Å². The number of hydrogen-bond acceptors (Lipinski definition) is 6. The summed E-state index contributed by atoms with van der Waals surface area (Å²) in [5, 5.41) is 4.17. The van der Waals surface area contributed by atoms with Crippen molar-refractivity contribution in [3.05, 3.63) is 60.8 Å². The number of hydrogen-bond donors (Lipinski definition) is 1. The molecule has 1 N–H and O–H groups in total. The maximum Gasteiger partial charge on any atom is 0.263 e. The van der Waals surface area contributed by atoms with Crippen molar-refractivity contribution in [3.8, 4) is 0 Å². The lowest BCUT2D eigenvalue weighted by molar-refractivity contribution is 0.365. The number of sulfonamides is 1. The molecule has 152 valence electrons. The Hall–Kier alpha value is -3.08. The summed E-state index contributed by atoms with van der Waals surface area (Å²) in [7, 11) is -3.97. The van der Waals surface area contributed by atoms with E-state index in [2.05, 4.69) is 24.7 Å². The molecule has 0 radical (unpaired) electrons. The molecule has 1 aliphatic heterocycles. The summed E-state index contributed by atoms with van der Waals surface area (Å²) in [5.74, 6) is -1.51. The summed E-state index contributed by atoms with van der Waals surface area (Å²) in [5.41, 5.74) is -0.0665. The molecule has 0 saturated carbocycles. The second-order valence-electron chi connectivity index (χ2n) is 6.68. The lowest BCUT2D eigenvalue weighted by Gasteiger charge is -2.32. The molecule has 4 rings (SSSR count). The van der Waals surface area contributed by atoms with Crippen LogP contribution < -0.4 is 9.62 Å². The second-order valence-corrected chi connectivity index (χ2v) is 8.36. The molecule has 0 bridgehead atoms. The van der Waals surface area contributed by atoms with Crippen molar-refractivity contribution in [3.63, 3.8) is 0 Å². The quantitative estimate of drug-likeness (QED) is 0.682. The number of nitrogens with one attached hydrogen (secondary N) is 1. The van der Waals surface area contributed by atoms with Gasteiger partial charge in [0.2, 0.25) is 0 Å². The number of benzene rings is 1. The minimum Gasteiger partial charge on any atom is -0.356 e. The van der Waals surface area contributed by atoms with Crippen molar-refractivity contribution in [2.75, 3.05) is 22.7 Å². The topological polar surface area (TPSA) is 93.0 Å². The molecular formula is C18H18F2N6O2S. The highest BCUT2D eigenvalue weighted by atomic mass is 32.2. The highest BCUT2D eigenvalue weighted by Gasteiger charge is 2.23. The molecule has 0 spiro atoms. The summed E-state index contributed by atoms with van der Waals surface area (Å²) in [6, 6.07) is 6.15. The van der Waals surface area contributed by atoms with Gasteiger partial charge in [-0.15, -0.1) is 0 Å². The molecule has 3 heterocycles. The third-order valence-corrected chi connectivity index (χ3v) is 6.17. The van der Waals surface area contributed by atoms with Gasteiger partial charge in [0.1, 0.15) is 23.4 Å². The van der Waals surface area contributed by atoms with Crippen LogP contribution in [0.4, 0.5) is 20.3 Å². The van der Waals surface area contributed by atoms with Gasteiger partial charge in [-0.1, -0.05) is 0 Å². The average molecular weight is 420 g/mol. The Balaban J connectivity index is 1.42. The average Bonchev–Trinajstić information content (AvgIpc) is 3.26. The third kappa shape index (κ3) is 4.19. The van der Waals surface area contributed by atoms with Crippen molar-refractivity contribution in [2.45, 2.75) is 23.8 Å². The van der Waals surface area contributed by atoms with Gasteiger partial charge in [-0.05, 0) is 37.1 Å². The normalized spacial score (nSPS) is 15.4. The molecule has 0 amide bonds. The van der Waals surface area contributed by atoms with Crippen LogP contribution in [0.2, 0.25) is 0 Å². The smallest absolute Gasteiger partial charge is 0.263 e. The van der Waals surface area contributed by atoms with Crippen molar-refractivity contribution < 1.29 is 17.2 Å². The van der Waals surface area contributed by atoms with Crippen LogP contribution in [0.1, 0.15) is 18.9 Å². The Morgan fingerprint density at radius 1 is 1.07 bits per heavy atom. The van der Waals surface area contributed by atoms with Gasteiger partial charge >= 0.3 is 0 Å². The molecule has 3 aromatic rings. The number of halogens is 2. The van der Waals surface area contributed by atoms with Crippen LogP contribution in [0.5, 0.6) is 0 Å². The van der Waals surface area contributed by atoms with E-state index in [1.165, 1.54) is 18.6 Å². The van der Waals surface area contributed by atoms with Gasteiger partial charge in [-0.2, -0.15) is 5.10 Å². The van der Waals surface area contributed by atoms with Crippen molar-refractivity contribution in [1.29, 1.82) is 0 Å². The van der Waals surface area contributed by atoms with E-state index in [1.807, 2.05) is 4.68 Å². The van der Waals surface area contributed by atoms with Crippen molar-refractivity contribution in [1.82, 2.24) is 19.7 Å². The van der Waals surface area contributed by atoms with Gasteiger partial charge in [0.15, 0.2) is 11.6 Å². The van der Waals surface area contributed by atoms with Crippen LogP contribution in [-0.4, -0.2) is 41.3 Å². The Labute approximate surface area is 166 Å². The van der Waals surface area contributed by atoms with Crippen molar-refractivity contribution in [2.24, 2.45) is 0 Å². The minimum absolute atomic E-state index is 0.0662. The van der Waals surface area contributed by atoms with Crippen LogP contribution >= 0.6 is 0 Å². The molecule has 0 unspecified atom stereocenters. The van der Waals surface area contributed by atoms with Crippen molar-refractivity contribution >= 4 is 21.5 Å². The Morgan fingerprint density at radius 3 is 2.48 bits per heavy atom. The van der Waals surface area contributed by atoms with Gasteiger partial charge in [0, 0.05) is 25.4 Å². The monoisotopic (exact) mass is 420 g/mol. The predicted molar refractivity (Wildman–Crippen MR) is 102 cm³/mol. The van der Waals surface area contributed by atoms with E-state index in [4.69, 9.17) is 0 Å². The zero-order chi connectivity index (χ0) is 20.4. The summed E-state index contributed by atoms with van der Waals surface area (Å²) in [6.45, 7) is 1.52. The first-order valence-corrected chi connectivity index (χ1v) is 10.4. The fourth-order valence-electron chi connectivity index (χ4n) is 3.26. The van der Waals surface area contributed by atoms with Gasteiger partial charge < -0.3 is 4.90 Å². The highest BCUT2D eigenvalue weighted by Crippen LogP contribution is 2.25. The molecule has 0 aliphatic carbocycles. The zero-order valence-corrected chi connectivity index (χ0v) is 16.1. The number of aromatic nitrogens is 4. The molecule has 11 heteroatoms. The Bertz CT molecular complexity index is 1080. The molecule has 29 heavy (non-hydrogen) atoms. The predicted octanol–water partition coefficient (Wildman–Crippen LogP) is 2.59. The molecule has 1 fully saturated rings. The summed E-state index contributed by atoms with van der Waals surface area (Å²) < 4.78 is 55.3. The second kappa shape index (κ2) is 7.74. The zero-order valence-electron chi connectivity index (χ0n) is 15.2. The largest absolute Gasteiger partial charge is 0.356 e. The minimum atomic E-state index is -3.97. The van der Waals surface area contributed by atoms with E-state index >= 15 is 0 Å². The molecular weight excluding hydrogens is 402 g/mol. The van der Waals surface area contributed by atoms with Crippen LogP contribution in [0.3, 0.4) is 0 Å². The first-order chi connectivity index (χ1) is 13.9. The van der Waals surface area contributed by atoms with Crippen LogP contribution in [0.15, 0.2) is 54.1 Å². The SMILES string of the molecule is O=S(=O)(Nc1ccc(F)c(F)c1)c1ccc(N2CCC(n3cncn3)CC2)nc1. The van der Waals surface area contributed by atoms with Gasteiger partial charge in [0.25, 0.3) is 10.0 Å². The molecule has 1 aliphatic rings. The van der Waals surface area contributed by atoms with E-state index < -0.39 is 21.7 Å². The van der Waals surface area contributed by atoms with E-state index in [-0.39, 0.29) is 16.6 Å². The lowest BCUT2D eigenvalue weighted by Crippen LogP contribution is -2.35. The Morgan fingerprint density at radius 2 is 1.86 bits per heavy atom.